The van der Waals surface area contributed by atoms with Gasteiger partial charge in [0.2, 0.25) is 10.0 Å². The molecule has 1 heterocycles. The summed E-state index contributed by atoms with van der Waals surface area (Å²) in [5.74, 6) is -0.00954. The number of carbonyl (C=O) groups is 1. The first-order chi connectivity index (χ1) is 9.92. The van der Waals surface area contributed by atoms with Crippen molar-refractivity contribution in [3.63, 3.8) is 0 Å². The molecule has 0 aliphatic carbocycles. The van der Waals surface area contributed by atoms with Gasteiger partial charge in [-0.05, 0) is 18.2 Å². The van der Waals surface area contributed by atoms with Crippen molar-refractivity contribution in [3.05, 3.63) is 42.1 Å². The quantitative estimate of drug-likeness (QED) is 0.860. The van der Waals surface area contributed by atoms with E-state index in [9.17, 15) is 13.2 Å². The summed E-state index contributed by atoms with van der Waals surface area (Å²) in [5.41, 5.74) is 0.250. The van der Waals surface area contributed by atoms with E-state index in [1.807, 2.05) is 0 Å². The maximum atomic E-state index is 12.1. The molecule has 0 fully saturated rings. The van der Waals surface area contributed by atoms with Crippen molar-refractivity contribution >= 4 is 21.7 Å². The van der Waals surface area contributed by atoms with Gasteiger partial charge in [-0.1, -0.05) is 13.0 Å². The van der Waals surface area contributed by atoms with Gasteiger partial charge >= 0.3 is 0 Å². The van der Waals surface area contributed by atoms with Gasteiger partial charge in [0.15, 0.2) is 5.82 Å². The number of carbonyl (C=O) groups excluding carboxylic acids is 1. The van der Waals surface area contributed by atoms with E-state index in [4.69, 9.17) is 0 Å². The van der Waals surface area contributed by atoms with Crippen LogP contribution in [-0.2, 0) is 17.1 Å². The van der Waals surface area contributed by atoms with Crippen LogP contribution in [0.25, 0.3) is 0 Å². The number of hydrogen-bond donors (Lipinski definition) is 2. The van der Waals surface area contributed by atoms with Crippen LogP contribution in [0.2, 0.25) is 0 Å². The summed E-state index contributed by atoms with van der Waals surface area (Å²) >= 11 is 0. The molecule has 0 spiro atoms. The van der Waals surface area contributed by atoms with Crippen LogP contribution < -0.4 is 10.0 Å². The molecule has 0 radical (unpaired) electrons. The zero-order chi connectivity index (χ0) is 15.5. The predicted octanol–water partition coefficient (Wildman–Crippen LogP) is 0.971. The Labute approximate surface area is 123 Å². The minimum absolute atomic E-state index is 0.0537. The Morgan fingerprint density at radius 3 is 2.71 bits per heavy atom. The predicted molar refractivity (Wildman–Crippen MR) is 78.5 cm³/mol. The van der Waals surface area contributed by atoms with Gasteiger partial charge in [-0.2, -0.15) is 5.10 Å². The van der Waals surface area contributed by atoms with E-state index in [2.05, 4.69) is 15.1 Å². The number of rotatable bonds is 5. The van der Waals surface area contributed by atoms with E-state index in [0.29, 0.717) is 5.82 Å². The Balaban J connectivity index is 2.23. The summed E-state index contributed by atoms with van der Waals surface area (Å²) in [6.07, 6.45) is 1.70. The van der Waals surface area contributed by atoms with Gasteiger partial charge in [-0.15, -0.1) is 0 Å². The lowest BCUT2D eigenvalue weighted by Gasteiger charge is -2.07. The summed E-state index contributed by atoms with van der Waals surface area (Å²) in [4.78, 5) is 12.1. The van der Waals surface area contributed by atoms with Crippen LogP contribution in [0.1, 0.15) is 17.3 Å². The normalized spacial score (nSPS) is 11.3. The van der Waals surface area contributed by atoms with Crippen LogP contribution in [0, 0.1) is 0 Å². The van der Waals surface area contributed by atoms with Gasteiger partial charge in [0.05, 0.1) is 4.90 Å². The Morgan fingerprint density at radius 2 is 2.10 bits per heavy atom. The van der Waals surface area contributed by atoms with Gasteiger partial charge in [0, 0.05) is 31.4 Å². The zero-order valence-corrected chi connectivity index (χ0v) is 12.5. The van der Waals surface area contributed by atoms with Crippen molar-refractivity contribution in [2.45, 2.75) is 11.8 Å². The van der Waals surface area contributed by atoms with Crippen LogP contribution in [0.4, 0.5) is 5.82 Å². The Bertz CT molecular complexity index is 752. The average molecular weight is 308 g/mol. The summed E-state index contributed by atoms with van der Waals surface area (Å²) in [6, 6.07) is 7.49. The van der Waals surface area contributed by atoms with E-state index in [1.54, 1.807) is 37.0 Å². The van der Waals surface area contributed by atoms with Crippen molar-refractivity contribution in [1.29, 1.82) is 0 Å². The lowest BCUT2D eigenvalue weighted by atomic mass is 10.2. The molecule has 1 aromatic heterocycles. The SMILES string of the molecule is CCNS(=O)(=O)c1cccc(C(=O)Nc2ccn(C)n2)c1. The molecule has 1 aromatic carbocycles. The molecule has 8 heteroatoms. The van der Waals surface area contributed by atoms with E-state index in [-0.39, 0.29) is 17.0 Å². The topological polar surface area (TPSA) is 93.1 Å². The fourth-order valence-electron chi connectivity index (χ4n) is 1.75. The number of aromatic nitrogens is 2. The van der Waals surface area contributed by atoms with Crippen molar-refractivity contribution < 1.29 is 13.2 Å². The number of nitrogens with zero attached hydrogens (tertiary/aromatic N) is 2. The van der Waals surface area contributed by atoms with Gasteiger partial charge in [-0.25, -0.2) is 13.1 Å². The third-order valence-corrected chi connectivity index (χ3v) is 4.24. The second kappa shape index (κ2) is 6.06. The maximum Gasteiger partial charge on any atom is 0.256 e. The number of sulfonamides is 1. The highest BCUT2D eigenvalue weighted by Gasteiger charge is 2.15. The third-order valence-electron chi connectivity index (χ3n) is 2.70. The fourth-order valence-corrected chi connectivity index (χ4v) is 2.83. The highest BCUT2D eigenvalue weighted by molar-refractivity contribution is 7.89. The standard InChI is InChI=1S/C13H16N4O3S/c1-3-14-21(19,20)11-6-4-5-10(9-11)13(18)15-12-7-8-17(2)16-12/h4-9,14H,3H2,1-2H3,(H,15,16,18). The number of anilines is 1. The molecule has 0 aliphatic heterocycles. The van der Waals surface area contributed by atoms with Crippen LogP contribution in [0.5, 0.6) is 0 Å². The first-order valence-electron chi connectivity index (χ1n) is 6.33. The van der Waals surface area contributed by atoms with Crippen molar-refractivity contribution in [2.75, 3.05) is 11.9 Å². The largest absolute Gasteiger partial charge is 0.305 e. The van der Waals surface area contributed by atoms with Crippen molar-refractivity contribution in [2.24, 2.45) is 7.05 Å². The molecule has 21 heavy (non-hydrogen) atoms. The number of benzene rings is 1. The molecule has 0 unspecified atom stereocenters. The van der Waals surface area contributed by atoms with Gasteiger partial charge < -0.3 is 5.32 Å². The first-order valence-corrected chi connectivity index (χ1v) is 7.81. The second-order valence-electron chi connectivity index (χ2n) is 4.36. The van der Waals surface area contributed by atoms with E-state index in [1.165, 1.54) is 18.2 Å². The maximum absolute atomic E-state index is 12.1. The summed E-state index contributed by atoms with van der Waals surface area (Å²) < 4.78 is 27.8. The van der Waals surface area contributed by atoms with Crippen LogP contribution >= 0.6 is 0 Å². The number of nitrogens with one attached hydrogen (secondary N) is 2. The minimum Gasteiger partial charge on any atom is -0.305 e. The number of amides is 1. The molecule has 2 rings (SSSR count). The molecule has 2 N–H and O–H groups in total. The molecule has 0 aliphatic rings. The lowest BCUT2D eigenvalue weighted by Crippen LogP contribution is -2.23. The van der Waals surface area contributed by atoms with Crippen LogP contribution in [0.3, 0.4) is 0 Å². The average Bonchev–Trinajstić information content (AvgIpc) is 2.84. The van der Waals surface area contributed by atoms with Crippen LogP contribution in [0.15, 0.2) is 41.4 Å². The molecule has 7 nitrogen and oxygen atoms in total. The second-order valence-corrected chi connectivity index (χ2v) is 6.12. The molecular weight excluding hydrogens is 292 g/mol. The zero-order valence-electron chi connectivity index (χ0n) is 11.7. The molecule has 2 aromatic rings. The molecule has 1 amide bonds. The molecule has 0 saturated carbocycles. The molecule has 0 bridgehead atoms. The highest BCUT2D eigenvalue weighted by Crippen LogP contribution is 2.13. The summed E-state index contributed by atoms with van der Waals surface area (Å²) in [5, 5.41) is 6.63. The third kappa shape index (κ3) is 3.67. The number of hydrogen-bond acceptors (Lipinski definition) is 4. The van der Waals surface area contributed by atoms with Crippen molar-refractivity contribution in [1.82, 2.24) is 14.5 Å². The van der Waals surface area contributed by atoms with Crippen molar-refractivity contribution in [3.8, 4) is 0 Å². The van der Waals surface area contributed by atoms with E-state index in [0.717, 1.165) is 0 Å². The van der Waals surface area contributed by atoms with Gasteiger partial charge in [-0.3, -0.25) is 9.48 Å². The summed E-state index contributed by atoms with van der Waals surface area (Å²) in [6.45, 7) is 1.97. The molecular formula is C13H16N4O3S. The first kappa shape index (κ1) is 15.2. The minimum atomic E-state index is -3.58. The molecule has 0 saturated heterocycles. The molecule has 0 atom stereocenters. The van der Waals surface area contributed by atoms with E-state index < -0.39 is 15.9 Å². The van der Waals surface area contributed by atoms with Gasteiger partial charge in [0.1, 0.15) is 0 Å². The highest BCUT2D eigenvalue weighted by atomic mass is 32.2. The van der Waals surface area contributed by atoms with Gasteiger partial charge in [0.25, 0.3) is 5.91 Å². The Morgan fingerprint density at radius 1 is 1.33 bits per heavy atom. The van der Waals surface area contributed by atoms with E-state index >= 15 is 0 Å². The smallest absolute Gasteiger partial charge is 0.256 e. The van der Waals surface area contributed by atoms with Crippen LogP contribution in [-0.4, -0.2) is 30.7 Å². The fraction of sp³-hybridized carbons (Fsp3) is 0.231. The monoisotopic (exact) mass is 308 g/mol. The Kier molecular flexibility index (Phi) is 4.39. The molecule has 112 valence electrons. The summed E-state index contributed by atoms with van der Waals surface area (Å²) in [7, 11) is -1.85. The Hall–Kier alpha value is -2.19. The lowest BCUT2D eigenvalue weighted by molar-refractivity contribution is 0.102. The number of aryl methyl sites for hydroxylation is 1.